The van der Waals surface area contributed by atoms with Gasteiger partial charge in [0.15, 0.2) is 5.79 Å². The minimum atomic E-state index is -0.703. The van der Waals surface area contributed by atoms with Crippen LogP contribution in [0.1, 0.15) is 69.7 Å². The minimum Gasteiger partial charge on any atom is -0.497 e. The van der Waals surface area contributed by atoms with Crippen molar-refractivity contribution in [2.75, 3.05) is 12.4 Å². The maximum absolute atomic E-state index is 12.2. The quantitative estimate of drug-likeness (QED) is 0.242. The summed E-state index contributed by atoms with van der Waals surface area (Å²) in [5, 5.41) is 7.30. The molecule has 2 aliphatic rings. The molecule has 10 nitrogen and oxygen atoms in total. The fraction of sp³-hybridized carbons (Fsp3) is 0.441. The predicted octanol–water partition coefficient (Wildman–Crippen LogP) is 6.33. The first-order chi connectivity index (χ1) is 21.0. The number of benzene rings is 2. The zero-order valence-electron chi connectivity index (χ0n) is 26.2. The topological polar surface area (TPSA) is 109 Å². The van der Waals surface area contributed by atoms with Gasteiger partial charge in [-0.3, -0.25) is 0 Å². The first kappa shape index (κ1) is 29.9. The minimum absolute atomic E-state index is 0.0113. The molecule has 0 radical (unpaired) electrons. The fourth-order valence-corrected chi connectivity index (χ4v) is 6.28. The Morgan fingerprint density at radius 1 is 1.02 bits per heavy atom. The van der Waals surface area contributed by atoms with Gasteiger partial charge in [0.2, 0.25) is 0 Å². The van der Waals surface area contributed by atoms with Gasteiger partial charge >= 0.3 is 6.09 Å². The van der Waals surface area contributed by atoms with E-state index in [1.807, 2.05) is 71.0 Å². The maximum Gasteiger partial charge on any atom is 0.407 e. The summed E-state index contributed by atoms with van der Waals surface area (Å²) in [5.41, 5.74) is 3.58. The SMILES string of the molecule is COc1ccc(CNc2ncnc3c2ccn3[C@@H]2C[C@H](c3cccc(CNC(=O)OC(C)(C)C)c3)[C@H]3OC(C)(C)O[C@H]32)cc1. The summed E-state index contributed by atoms with van der Waals surface area (Å²) in [7, 11) is 1.66. The van der Waals surface area contributed by atoms with Crippen molar-refractivity contribution in [1.29, 1.82) is 0 Å². The van der Waals surface area contributed by atoms with E-state index in [0.29, 0.717) is 13.1 Å². The molecule has 3 heterocycles. The van der Waals surface area contributed by atoms with Crippen molar-refractivity contribution in [2.45, 2.75) is 89.7 Å². The van der Waals surface area contributed by atoms with Gasteiger partial charge in [-0.25, -0.2) is 14.8 Å². The Labute approximate surface area is 258 Å². The molecule has 2 aromatic carbocycles. The number of hydrogen-bond acceptors (Lipinski definition) is 8. The number of alkyl carbamates (subject to hydrolysis) is 1. The monoisotopic (exact) mass is 599 g/mol. The van der Waals surface area contributed by atoms with Gasteiger partial charge in [0, 0.05) is 25.2 Å². The second kappa shape index (κ2) is 11.7. The lowest BCUT2D eigenvalue weighted by Gasteiger charge is -2.25. The number of rotatable bonds is 8. The second-order valence-electron chi connectivity index (χ2n) is 13.0. The third-order valence-electron chi connectivity index (χ3n) is 8.14. The molecule has 2 N–H and O–H groups in total. The van der Waals surface area contributed by atoms with E-state index in [0.717, 1.165) is 45.7 Å². The number of aromatic nitrogens is 3. The van der Waals surface area contributed by atoms with Gasteiger partial charge in [0.05, 0.1) is 24.6 Å². The van der Waals surface area contributed by atoms with Crippen LogP contribution in [0.5, 0.6) is 5.75 Å². The summed E-state index contributed by atoms with van der Waals surface area (Å²) in [6.07, 6.45) is 3.79. The molecule has 44 heavy (non-hydrogen) atoms. The van der Waals surface area contributed by atoms with E-state index in [4.69, 9.17) is 23.9 Å². The summed E-state index contributed by atoms with van der Waals surface area (Å²) in [6, 6.07) is 18.4. The lowest BCUT2D eigenvalue weighted by Crippen LogP contribution is -2.32. The Kier molecular flexibility index (Phi) is 7.98. The molecule has 232 valence electrons. The number of nitrogens with zero attached hydrogens (tertiary/aromatic N) is 3. The number of amides is 1. The summed E-state index contributed by atoms with van der Waals surface area (Å²) >= 11 is 0. The van der Waals surface area contributed by atoms with Gasteiger partial charge in [-0.1, -0.05) is 36.4 Å². The lowest BCUT2D eigenvalue weighted by atomic mass is 9.93. The van der Waals surface area contributed by atoms with E-state index in [-0.39, 0.29) is 24.2 Å². The molecule has 1 aliphatic carbocycles. The molecule has 0 unspecified atom stereocenters. The molecular formula is C34H41N5O5. The molecule has 0 bridgehead atoms. The average Bonchev–Trinajstić information content (AvgIpc) is 3.65. The number of nitrogens with one attached hydrogen (secondary N) is 2. The number of ether oxygens (including phenoxy) is 4. The third kappa shape index (κ3) is 6.37. The van der Waals surface area contributed by atoms with Crippen LogP contribution in [0.2, 0.25) is 0 Å². The van der Waals surface area contributed by atoms with Gasteiger partial charge in [0.25, 0.3) is 0 Å². The molecule has 4 aromatic rings. The van der Waals surface area contributed by atoms with Crippen molar-refractivity contribution in [3.63, 3.8) is 0 Å². The Bertz CT molecular complexity index is 1630. The van der Waals surface area contributed by atoms with E-state index >= 15 is 0 Å². The Morgan fingerprint density at radius 2 is 1.80 bits per heavy atom. The number of methoxy groups -OCH3 is 1. The van der Waals surface area contributed by atoms with Crippen LogP contribution in [0.15, 0.2) is 67.1 Å². The van der Waals surface area contributed by atoms with Gasteiger partial charge in [-0.05, 0) is 75.9 Å². The van der Waals surface area contributed by atoms with Gasteiger partial charge in [-0.2, -0.15) is 0 Å². The Hall–Kier alpha value is -4.15. The summed E-state index contributed by atoms with van der Waals surface area (Å²) in [6.45, 7) is 10.5. The van der Waals surface area contributed by atoms with Crippen molar-refractivity contribution in [1.82, 2.24) is 19.9 Å². The van der Waals surface area contributed by atoms with Crippen LogP contribution in [-0.2, 0) is 27.3 Å². The highest BCUT2D eigenvalue weighted by Crippen LogP contribution is 2.51. The molecular weight excluding hydrogens is 558 g/mol. The number of fused-ring (bicyclic) bond motifs is 2. The van der Waals surface area contributed by atoms with Crippen molar-refractivity contribution >= 4 is 22.9 Å². The molecule has 1 saturated heterocycles. The molecule has 1 aliphatic heterocycles. The molecule has 1 saturated carbocycles. The molecule has 0 spiro atoms. The van der Waals surface area contributed by atoms with E-state index < -0.39 is 17.5 Å². The Balaban J connectivity index is 1.23. The standard InChI is InChI=1S/C34H41N5O5/c1-33(2,3)44-32(40)36-19-22-8-7-9-23(16-22)26-17-27(29-28(26)42-34(4,5)43-29)39-15-14-25-30(37-20-38-31(25)39)35-18-21-10-12-24(41-6)13-11-21/h7-16,20,26-29H,17-19H2,1-6H3,(H,36,40)(H,35,37,38)/t26-,27-,28-,29+/m1/s1. The van der Waals surface area contributed by atoms with Crippen molar-refractivity contribution in [3.8, 4) is 5.75 Å². The molecule has 4 atom stereocenters. The first-order valence-electron chi connectivity index (χ1n) is 15.1. The van der Waals surface area contributed by atoms with Crippen molar-refractivity contribution in [3.05, 3.63) is 83.8 Å². The van der Waals surface area contributed by atoms with Crippen LogP contribution in [0, 0.1) is 0 Å². The summed E-state index contributed by atoms with van der Waals surface area (Å²) < 4.78 is 26.0. The molecule has 1 amide bonds. The smallest absolute Gasteiger partial charge is 0.407 e. The van der Waals surface area contributed by atoms with Crippen LogP contribution >= 0.6 is 0 Å². The second-order valence-corrected chi connectivity index (χ2v) is 13.0. The van der Waals surface area contributed by atoms with Gasteiger partial charge in [-0.15, -0.1) is 0 Å². The molecule has 2 aromatic heterocycles. The molecule has 6 rings (SSSR count). The van der Waals surface area contributed by atoms with Crippen LogP contribution in [0.25, 0.3) is 11.0 Å². The number of anilines is 1. The van der Waals surface area contributed by atoms with Crippen LogP contribution in [0.4, 0.5) is 10.6 Å². The molecule has 10 heteroatoms. The first-order valence-corrected chi connectivity index (χ1v) is 15.1. The summed E-state index contributed by atoms with van der Waals surface area (Å²) in [5.74, 6) is 1.00. The zero-order chi connectivity index (χ0) is 31.1. The highest BCUT2D eigenvalue weighted by atomic mass is 16.8. The fourth-order valence-electron chi connectivity index (χ4n) is 6.28. The zero-order valence-corrected chi connectivity index (χ0v) is 26.2. The van der Waals surface area contributed by atoms with Crippen molar-refractivity contribution < 1.29 is 23.7 Å². The predicted molar refractivity (Wildman–Crippen MR) is 168 cm³/mol. The lowest BCUT2D eigenvalue weighted by molar-refractivity contribution is -0.157. The number of carbonyl (C=O) groups excluding carboxylic acids is 1. The highest BCUT2D eigenvalue weighted by molar-refractivity contribution is 5.87. The average molecular weight is 600 g/mol. The Morgan fingerprint density at radius 3 is 2.55 bits per heavy atom. The van der Waals surface area contributed by atoms with Crippen LogP contribution < -0.4 is 15.4 Å². The normalized spacial score (nSPS) is 22.5. The van der Waals surface area contributed by atoms with E-state index in [1.54, 1.807) is 13.4 Å². The van der Waals surface area contributed by atoms with E-state index in [2.05, 4.69) is 44.6 Å². The maximum atomic E-state index is 12.2. The van der Waals surface area contributed by atoms with Crippen molar-refractivity contribution in [2.24, 2.45) is 0 Å². The van der Waals surface area contributed by atoms with Crippen LogP contribution in [0.3, 0.4) is 0 Å². The molecule has 2 fully saturated rings. The van der Waals surface area contributed by atoms with E-state index in [1.165, 1.54) is 0 Å². The largest absolute Gasteiger partial charge is 0.497 e. The van der Waals surface area contributed by atoms with E-state index in [9.17, 15) is 4.79 Å². The van der Waals surface area contributed by atoms with Crippen LogP contribution in [-0.4, -0.2) is 51.3 Å². The highest BCUT2D eigenvalue weighted by Gasteiger charge is 2.55. The number of carbonyl (C=O) groups is 1. The number of hydrogen-bond donors (Lipinski definition) is 2. The third-order valence-corrected chi connectivity index (χ3v) is 8.14. The van der Waals surface area contributed by atoms with Gasteiger partial charge < -0.3 is 34.1 Å². The summed E-state index contributed by atoms with van der Waals surface area (Å²) in [4.78, 5) is 21.5. The van der Waals surface area contributed by atoms with Gasteiger partial charge in [0.1, 0.15) is 35.2 Å².